The molecule has 0 radical (unpaired) electrons. The van der Waals surface area contributed by atoms with Crippen LogP contribution in [0.15, 0.2) is 126 Å². The third kappa shape index (κ3) is 7.23. The molecule has 2 amide bonds. The summed E-state index contributed by atoms with van der Waals surface area (Å²) < 4.78 is 132. The number of benzene rings is 4. The molecule has 0 aromatic heterocycles. The lowest BCUT2D eigenvalue weighted by atomic mass is 9.77. The number of carbonyl (C=O) groups excluding carboxylic acids is 2. The van der Waals surface area contributed by atoms with Gasteiger partial charge in [0.25, 0.3) is 31.9 Å². The number of carbonyl (C=O) groups is 2. The summed E-state index contributed by atoms with van der Waals surface area (Å²) in [6, 6.07) is 16.9. The first-order valence-corrected chi connectivity index (χ1v) is 27.3. The first-order chi connectivity index (χ1) is 33.8. The Hall–Kier alpha value is -6.73. The van der Waals surface area contributed by atoms with Gasteiger partial charge in [0, 0.05) is 13.1 Å². The van der Waals surface area contributed by atoms with Crippen LogP contribution >= 0.6 is 0 Å². The Labute approximate surface area is 404 Å². The number of aliphatic hydroxyl groups excluding tert-OH is 2. The van der Waals surface area contributed by atoms with Crippen LogP contribution in [-0.4, -0.2) is 112 Å². The first kappa shape index (κ1) is 45.4. The Bertz CT molecular complexity index is 3300. The number of anilines is 4. The van der Waals surface area contributed by atoms with Crippen molar-refractivity contribution in [2.45, 2.75) is 85.1 Å². The van der Waals surface area contributed by atoms with Crippen molar-refractivity contribution in [2.24, 2.45) is 20.6 Å². The van der Waals surface area contributed by atoms with Crippen molar-refractivity contribution in [3.05, 3.63) is 130 Å². The molecule has 19 nitrogen and oxygen atoms in total. The number of fused-ring (bicyclic) bond motifs is 12. The van der Waals surface area contributed by atoms with Crippen LogP contribution in [0.1, 0.15) is 36.8 Å². The summed E-state index contributed by atoms with van der Waals surface area (Å²) in [6.07, 6.45) is 1.54. The minimum atomic E-state index is -4.76. The van der Waals surface area contributed by atoms with Crippen LogP contribution in [0.2, 0.25) is 0 Å². The van der Waals surface area contributed by atoms with E-state index in [1.54, 1.807) is 0 Å². The quantitative estimate of drug-likeness (QED) is 0.174. The van der Waals surface area contributed by atoms with Gasteiger partial charge in [0.05, 0.1) is 77.3 Å². The predicted molar refractivity (Wildman–Crippen MR) is 250 cm³/mol. The molecule has 12 rings (SSSR count). The highest BCUT2D eigenvalue weighted by molar-refractivity contribution is 7.92. The molecule has 24 heteroatoms. The number of rotatable bonds is 9. The van der Waals surface area contributed by atoms with E-state index in [1.165, 1.54) is 82.6 Å². The van der Waals surface area contributed by atoms with Gasteiger partial charge in [-0.25, -0.2) is 21.5 Å². The molecule has 0 saturated carbocycles. The van der Waals surface area contributed by atoms with Gasteiger partial charge in [-0.15, -0.1) is 8.80 Å². The summed E-state index contributed by atoms with van der Waals surface area (Å²) in [5.41, 5.74) is -0.392. The molecule has 4 aromatic rings. The third-order valence-corrected chi connectivity index (χ3v) is 18.2. The second kappa shape index (κ2) is 15.9. The van der Waals surface area contributed by atoms with Gasteiger partial charge in [-0.05, 0) is 97.5 Å². The maximum absolute atomic E-state index is 14.4. The number of hydrogen-bond donors (Lipinski definition) is 4. The summed E-state index contributed by atoms with van der Waals surface area (Å²) in [5, 5.41) is 29.1. The largest absolute Gasteiger partial charge is 0.511 e. The van der Waals surface area contributed by atoms with E-state index in [-0.39, 0.29) is 35.8 Å². The van der Waals surface area contributed by atoms with Gasteiger partial charge in [-0.3, -0.25) is 9.59 Å². The molecule has 8 heterocycles. The number of amidine groups is 2. The summed E-state index contributed by atoms with van der Waals surface area (Å²) in [6.45, 7) is -0.00793. The fourth-order valence-electron chi connectivity index (χ4n) is 11.6. The molecular formula is C47H41F2N7O12S3. The molecule has 71 heavy (non-hydrogen) atoms. The number of aliphatic hydroxyl groups is 2. The highest BCUT2D eigenvalue weighted by Crippen LogP contribution is 2.51. The fourth-order valence-corrected chi connectivity index (χ4v) is 14.8. The van der Waals surface area contributed by atoms with Gasteiger partial charge in [0.15, 0.2) is 11.7 Å². The average Bonchev–Trinajstić information content (AvgIpc) is 4.14. The van der Waals surface area contributed by atoms with E-state index in [4.69, 9.17) is 9.47 Å². The Morgan fingerprint density at radius 1 is 0.634 bits per heavy atom. The number of sulfonamides is 3. The van der Waals surface area contributed by atoms with E-state index in [2.05, 4.69) is 19.4 Å². The molecule has 4 bridgehead atoms. The van der Waals surface area contributed by atoms with Gasteiger partial charge in [0.2, 0.25) is 10.0 Å². The van der Waals surface area contributed by atoms with Crippen molar-refractivity contribution in [3.63, 3.8) is 0 Å². The van der Waals surface area contributed by atoms with Crippen LogP contribution in [0.4, 0.5) is 31.5 Å². The van der Waals surface area contributed by atoms with Gasteiger partial charge in [-0.1, -0.05) is 24.3 Å². The smallest absolute Gasteiger partial charge is 0.286 e. The fraction of sp³-hybridized carbons (Fsp3) is 0.319. The monoisotopic (exact) mass is 1030 g/mol. The number of amides is 2. The van der Waals surface area contributed by atoms with Crippen molar-refractivity contribution in [2.75, 3.05) is 21.2 Å². The lowest BCUT2D eigenvalue weighted by Crippen LogP contribution is -2.55. The van der Waals surface area contributed by atoms with Gasteiger partial charge < -0.3 is 40.1 Å². The Morgan fingerprint density at radius 3 is 1.39 bits per heavy atom. The van der Waals surface area contributed by atoms with Crippen molar-refractivity contribution in [3.8, 4) is 0 Å². The normalized spacial score (nSPS) is 28.7. The Morgan fingerprint density at radius 2 is 1.01 bits per heavy atom. The lowest BCUT2D eigenvalue weighted by molar-refractivity contribution is -0.134. The SMILES string of the molecule is CS(=O)(=O)N(c1ccc2c(c1)S(=O)(=O)N=C(C1=C(O)C3C4CCC(O4)C3N(Cc3ccc(F)cc3)C1=O)N2)c1ccc2c(c1)S(=O)(=O)N=C(C1=C(O)C3C4CCC(O4)C3N(Cc3ccc(F)cc3)C1=O)N2. The van der Waals surface area contributed by atoms with Crippen molar-refractivity contribution < 1.29 is 63.3 Å². The van der Waals surface area contributed by atoms with E-state index in [0.717, 1.165) is 18.4 Å². The van der Waals surface area contributed by atoms with Crippen LogP contribution in [0.3, 0.4) is 0 Å². The molecule has 4 saturated heterocycles. The van der Waals surface area contributed by atoms with Crippen LogP contribution in [0, 0.1) is 23.5 Å². The molecular weight excluding hydrogens is 989 g/mol. The number of nitrogens with zero attached hydrogens (tertiary/aromatic N) is 5. The Balaban J connectivity index is 0.857. The minimum absolute atomic E-state index is 0.00396. The summed E-state index contributed by atoms with van der Waals surface area (Å²) in [7, 11) is -13.9. The minimum Gasteiger partial charge on any atom is -0.511 e. The standard InChI is InChI=1S/C47H41F2N7O12S3/c1-69(61,62)56(26-10-12-28-34(18-26)70(63,64)52-44(50-28)38-42(57)36-30-14-16-32(67-30)40(36)54(46(38)59)20-22-2-6-24(48)7-3-22)27-11-13-29-35(19-27)71(65,66)53-45(51-29)39-43(58)37-31-15-17-33(68-31)41(37)55(47(39)60)21-23-4-8-25(49)9-5-23/h2-13,18-19,30-33,36-37,40-41,57-58H,14-17,20-21H2,1H3,(H,50,52)(H,51,53). The van der Waals surface area contributed by atoms with E-state index < -0.39 is 146 Å². The summed E-state index contributed by atoms with van der Waals surface area (Å²) in [4.78, 5) is 30.7. The van der Waals surface area contributed by atoms with Gasteiger partial charge in [0.1, 0.15) is 44.1 Å². The van der Waals surface area contributed by atoms with Crippen LogP contribution in [0.25, 0.3) is 0 Å². The van der Waals surface area contributed by atoms with Gasteiger partial charge >= 0.3 is 0 Å². The van der Waals surface area contributed by atoms with E-state index >= 15 is 0 Å². The number of nitrogens with one attached hydrogen (secondary N) is 2. The number of halogens is 2. The zero-order chi connectivity index (χ0) is 49.6. The zero-order valence-electron chi connectivity index (χ0n) is 37.1. The molecule has 8 aliphatic rings. The van der Waals surface area contributed by atoms with Crippen molar-refractivity contribution in [1.29, 1.82) is 0 Å². The van der Waals surface area contributed by atoms with Crippen LogP contribution in [0.5, 0.6) is 0 Å². The molecule has 4 N–H and O–H groups in total. The van der Waals surface area contributed by atoms with Crippen LogP contribution < -0.4 is 14.9 Å². The van der Waals surface area contributed by atoms with E-state index in [0.29, 0.717) is 41.1 Å². The first-order valence-electron chi connectivity index (χ1n) is 22.6. The van der Waals surface area contributed by atoms with Crippen molar-refractivity contribution >= 4 is 76.3 Å². The molecule has 8 aliphatic heterocycles. The average molecular weight is 1030 g/mol. The number of hydrogen-bond acceptors (Lipinski definition) is 14. The number of ether oxygens (including phenoxy) is 2. The second-order valence-electron chi connectivity index (χ2n) is 18.7. The maximum Gasteiger partial charge on any atom is 0.286 e. The molecule has 368 valence electrons. The predicted octanol–water partition coefficient (Wildman–Crippen LogP) is 4.89. The highest BCUT2D eigenvalue weighted by Gasteiger charge is 2.60. The molecule has 8 unspecified atom stereocenters. The topological polar surface area (TPSA) is 254 Å². The summed E-state index contributed by atoms with van der Waals surface area (Å²) in [5.74, 6) is -5.60. The second-order valence-corrected chi connectivity index (χ2v) is 23.7. The van der Waals surface area contributed by atoms with Crippen LogP contribution in [-0.2, 0) is 62.2 Å². The molecule has 0 aliphatic carbocycles. The molecule has 4 fully saturated rings. The third-order valence-electron chi connectivity index (χ3n) is 14.5. The van der Waals surface area contributed by atoms with Gasteiger partial charge in [-0.2, -0.15) is 16.8 Å². The molecule has 8 atom stereocenters. The zero-order valence-corrected chi connectivity index (χ0v) is 39.6. The summed E-state index contributed by atoms with van der Waals surface area (Å²) >= 11 is 0. The lowest BCUT2D eigenvalue weighted by Gasteiger charge is -2.42. The molecule has 4 aromatic carbocycles. The van der Waals surface area contributed by atoms with E-state index in [9.17, 15) is 53.8 Å². The maximum atomic E-state index is 14.4. The molecule has 0 spiro atoms. The van der Waals surface area contributed by atoms with Crippen molar-refractivity contribution in [1.82, 2.24) is 9.80 Å². The highest BCUT2D eigenvalue weighted by atomic mass is 32.2. The Kier molecular flexibility index (Phi) is 10.2. The van der Waals surface area contributed by atoms with E-state index in [1.807, 2.05) is 0 Å².